The van der Waals surface area contributed by atoms with Gasteiger partial charge in [-0.05, 0) is 12.8 Å². The first-order valence-corrected chi connectivity index (χ1v) is 5.70. The van der Waals surface area contributed by atoms with Crippen LogP contribution in [0.4, 0.5) is 0 Å². The third-order valence-electron chi connectivity index (χ3n) is 2.31. The summed E-state index contributed by atoms with van der Waals surface area (Å²) in [5.74, 6) is -0.935. The molecule has 0 fully saturated rings. The Bertz CT molecular complexity index is 286. The zero-order valence-electron chi connectivity index (χ0n) is 10.7. The van der Waals surface area contributed by atoms with Crippen LogP contribution >= 0.6 is 0 Å². The van der Waals surface area contributed by atoms with Crippen LogP contribution in [-0.4, -0.2) is 32.2 Å². The predicted molar refractivity (Wildman–Crippen MR) is 64.2 cm³/mol. The standard InChI is InChI=1S/C12H21NO4/c1-4-10(12(15)16-3)6-5-9(2)11(14)17-8-7-13/h6,9H,4-5,7-8,13H2,1-3H3/b10-6-. The van der Waals surface area contributed by atoms with Crippen molar-refractivity contribution in [3.05, 3.63) is 11.6 Å². The summed E-state index contributed by atoms with van der Waals surface area (Å²) in [5.41, 5.74) is 5.80. The van der Waals surface area contributed by atoms with Crippen molar-refractivity contribution in [2.75, 3.05) is 20.3 Å². The number of hydrogen-bond donors (Lipinski definition) is 1. The number of carbonyl (C=O) groups is 2. The van der Waals surface area contributed by atoms with Gasteiger partial charge in [-0.15, -0.1) is 0 Å². The zero-order valence-corrected chi connectivity index (χ0v) is 10.7. The smallest absolute Gasteiger partial charge is 0.333 e. The van der Waals surface area contributed by atoms with E-state index in [1.807, 2.05) is 6.92 Å². The second kappa shape index (κ2) is 8.75. The number of methoxy groups -OCH3 is 1. The molecule has 0 spiro atoms. The number of rotatable bonds is 7. The van der Waals surface area contributed by atoms with E-state index in [9.17, 15) is 9.59 Å². The molecule has 0 amide bonds. The molecule has 0 aromatic carbocycles. The normalized spacial score (nSPS) is 13.1. The average Bonchev–Trinajstić information content (AvgIpc) is 2.35. The molecule has 0 saturated carbocycles. The monoisotopic (exact) mass is 243 g/mol. The number of allylic oxidation sites excluding steroid dienone is 1. The van der Waals surface area contributed by atoms with Crippen molar-refractivity contribution in [3.63, 3.8) is 0 Å². The van der Waals surface area contributed by atoms with E-state index < -0.39 is 0 Å². The van der Waals surface area contributed by atoms with Gasteiger partial charge in [0.15, 0.2) is 0 Å². The van der Waals surface area contributed by atoms with E-state index in [4.69, 9.17) is 10.5 Å². The highest BCUT2D eigenvalue weighted by Gasteiger charge is 2.14. The van der Waals surface area contributed by atoms with Gasteiger partial charge in [0.05, 0.1) is 13.0 Å². The van der Waals surface area contributed by atoms with Gasteiger partial charge in [-0.25, -0.2) is 4.79 Å². The maximum atomic E-state index is 11.4. The maximum Gasteiger partial charge on any atom is 0.333 e. The molecule has 0 aliphatic heterocycles. The molecule has 0 aliphatic carbocycles. The summed E-state index contributed by atoms with van der Waals surface area (Å²) in [7, 11) is 1.34. The molecule has 1 unspecified atom stereocenters. The molecule has 5 heteroatoms. The van der Waals surface area contributed by atoms with Crippen LogP contribution in [0.2, 0.25) is 0 Å². The van der Waals surface area contributed by atoms with Crippen molar-refractivity contribution >= 4 is 11.9 Å². The first kappa shape index (κ1) is 15.6. The van der Waals surface area contributed by atoms with Crippen LogP contribution < -0.4 is 5.73 Å². The van der Waals surface area contributed by atoms with E-state index in [2.05, 4.69) is 4.74 Å². The minimum absolute atomic E-state index is 0.227. The van der Waals surface area contributed by atoms with E-state index in [1.165, 1.54) is 7.11 Å². The Labute approximate surface area is 102 Å². The molecular weight excluding hydrogens is 222 g/mol. The summed E-state index contributed by atoms with van der Waals surface area (Å²) in [6, 6.07) is 0. The van der Waals surface area contributed by atoms with Gasteiger partial charge < -0.3 is 15.2 Å². The average molecular weight is 243 g/mol. The summed E-state index contributed by atoms with van der Waals surface area (Å²) < 4.78 is 9.52. The zero-order chi connectivity index (χ0) is 13.3. The molecule has 17 heavy (non-hydrogen) atoms. The minimum atomic E-state index is -0.352. The molecule has 0 radical (unpaired) electrons. The van der Waals surface area contributed by atoms with Gasteiger partial charge in [-0.2, -0.15) is 0 Å². The largest absolute Gasteiger partial charge is 0.466 e. The minimum Gasteiger partial charge on any atom is -0.466 e. The van der Waals surface area contributed by atoms with Gasteiger partial charge in [0.2, 0.25) is 0 Å². The Morgan fingerprint density at radius 3 is 2.53 bits per heavy atom. The number of hydrogen-bond acceptors (Lipinski definition) is 5. The highest BCUT2D eigenvalue weighted by molar-refractivity contribution is 5.88. The Hall–Kier alpha value is -1.36. The third-order valence-corrected chi connectivity index (χ3v) is 2.31. The van der Waals surface area contributed by atoms with Crippen LogP contribution in [0.1, 0.15) is 26.7 Å². The van der Waals surface area contributed by atoms with E-state index in [0.717, 1.165) is 0 Å². The lowest BCUT2D eigenvalue weighted by atomic mass is 10.0. The van der Waals surface area contributed by atoms with Crippen LogP contribution in [0, 0.1) is 5.92 Å². The first-order valence-electron chi connectivity index (χ1n) is 5.70. The van der Waals surface area contributed by atoms with Crippen molar-refractivity contribution in [3.8, 4) is 0 Å². The molecule has 0 aliphatic rings. The Morgan fingerprint density at radius 2 is 2.06 bits per heavy atom. The van der Waals surface area contributed by atoms with Gasteiger partial charge in [-0.3, -0.25) is 4.79 Å². The molecular formula is C12H21NO4. The predicted octanol–water partition coefficient (Wildman–Crippen LogP) is 1.02. The third kappa shape index (κ3) is 6.06. The number of carbonyl (C=O) groups excluding carboxylic acids is 2. The highest BCUT2D eigenvalue weighted by atomic mass is 16.5. The second-order valence-electron chi connectivity index (χ2n) is 3.67. The van der Waals surface area contributed by atoms with E-state index in [1.54, 1.807) is 13.0 Å². The van der Waals surface area contributed by atoms with Crippen LogP contribution in [0.5, 0.6) is 0 Å². The van der Waals surface area contributed by atoms with Gasteiger partial charge in [0, 0.05) is 12.1 Å². The van der Waals surface area contributed by atoms with Crippen molar-refractivity contribution in [2.45, 2.75) is 26.7 Å². The van der Waals surface area contributed by atoms with Gasteiger partial charge in [-0.1, -0.05) is 19.9 Å². The molecule has 0 rings (SSSR count). The molecule has 0 saturated heterocycles. The molecule has 0 aromatic heterocycles. The summed E-state index contributed by atoms with van der Waals surface area (Å²) in [5, 5.41) is 0. The fourth-order valence-corrected chi connectivity index (χ4v) is 1.22. The quantitative estimate of drug-likeness (QED) is 0.533. The molecule has 1 atom stereocenters. The van der Waals surface area contributed by atoms with E-state index in [-0.39, 0.29) is 24.5 Å². The Balaban J connectivity index is 4.27. The van der Waals surface area contributed by atoms with Gasteiger partial charge in [0.25, 0.3) is 0 Å². The van der Waals surface area contributed by atoms with Crippen LogP contribution in [0.25, 0.3) is 0 Å². The van der Waals surface area contributed by atoms with Crippen molar-refractivity contribution < 1.29 is 19.1 Å². The van der Waals surface area contributed by atoms with Crippen molar-refractivity contribution in [1.29, 1.82) is 0 Å². The van der Waals surface area contributed by atoms with Gasteiger partial charge >= 0.3 is 11.9 Å². The molecule has 0 aromatic rings. The van der Waals surface area contributed by atoms with E-state index >= 15 is 0 Å². The fraction of sp³-hybridized carbons (Fsp3) is 0.667. The van der Waals surface area contributed by atoms with Crippen LogP contribution in [0.15, 0.2) is 11.6 Å². The Morgan fingerprint density at radius 1 is 1.41 bits per heavy atom. The lowest BCUT2D eigenvalue weighted by molar-refractivity contribution is -0.147. The summed E-state index contributed by atoms with van der Waals surface area (Å²) >= 11 is 0. The van der Waals surface area contributed by atoms with Crippen molar-refractivity contribution in [2.24, 2.45) is 11.7 Å². The maximum absolute atomic E-state index is 11.4. The molecule has 98 valence electrons. The topological polar surface area (TPSA) is 78.6 Å². The lowest BCUT2D eigenvalue weighted by Crippen LogP contribution is -2.19. The first-order chi connectivity index (χ1) is 8.06. The van der Waals surface area contributed by atoms with Crippen LogP contribution in [-0.2, 0) is 19.1 Å². The van der Waals surface area contributed by atoms with Crippen LogP contribution in [0.3, 0.4) is 0 Å². The van der Waals surface area contributed by atoms with Crippen molar-refractivity contribution in [1.82, 2.24) is 0 Å². The lowest BCUT2D eigenvalue weighted by Gasteiger charge is -2.09. The van der Waals surface area contributed by atoms with E-state index in [0.29, 0.717) is 25.0 Å². The Kier molecular flexibility index (Phi) is 8.05. The summed E-state index contributed by atoms with van der Waals surface area (Å²) in [6.45, 7) is 4.15. The second-order valence-corrected chi connectivity index (χ2v) is 3.67. The number of ether oxygens (including phenoxy) is 2. The molecule has 0 bridgehead atoms. The number of nitrogens with two attached hydrogens (primary N) is 1. The molecule has 2 N–H and O–H groups in total. The summed E-state index contributed by atoms with van der Waals surface area (Å²) in [4.78, 5) is 22.7. The van der Waals surface area contributed by atoms with Gasteiger partial charge in [0.1, 0.15) is 6.61 Å². The summed E-state index contributed by atoms with van der Waals surface area (Å²) in [6.07, 6.45) is 2.76. The highest BCUT2D eigenvalue weighted by Crippen LogP contribution is 2.11. The molecule has 5 nitrogen and oxygen atoms in total. The molecule has 0 heterocycles. The fourth-order valence-electron chi connectivity index (χ4n) is 1.22. The SMILES string of the molecule is CC/C(=C/CC(C)C(=O)OCCN)C(=O)OC. The number of esters is 2.